The number of allylic oxidation sites excluding steroid dienone is 1. The number of nitrogens with zero attached hydrogens (tertiary/aromatic N) is 2. The lowest BCUT2D eigenvalue weighted by atomic mass is 9.95. The molecule has 3 aromatic carbocycles. The minimum absolute atomic E-state index is 0.00266. The predicted molar refractivity (Wildman–Crippen MR) is 173 cm³/mol. The van der Waals surface area contributed by atoms with E-state index >= 15 is 0 Å². The molecule has 0 aliphatic carbocycles. The van der Waals surface area contributed by atoms with E-state index in [0.29, 0.717) is 44.3 Å². The van der Waals surface area contributed by atoms with Crippen LogP contribution in [0, 0.1) is 0 Å². The maximum absolute atomic E-state index is 14.1. The number of ether oxygens (including phenoxy) is 4. The number of methoxy groups -OCH3 is 2. The first kappa shape index (κ1) is 31.6. The van der Waals surface area contributed by atoms with Crippen LogP contribution >= 0.6 is 11.3 Å². The van der Waals surface area contributed by atoms with Crippen LogP contribution in [0.1, 0.15) is 55.8 Å². The van der Waals surface area contributed by atoms with Gasteiger partial charge in [-0.3, -0.25) is 9.36 Å². The zero-order valence-corrected chi connectivity index (χ0v) is 26.6. The number of unbranched alkanes of at least 4 members (excludes halogenated alkanes) is 2. The second-order valence-electron chi connectivity index (χ2n) is 10.5. The van der Waals surface area contributed by atoms with Crippen molar-refractivity contribution in [1.82, 2.24) is 4.57 Å². The van der Waals surface area contributed by atoms with E-state index in [1.807, 2.05) is 36.4 Å². The summed E-state index contributed by atoms with van der Waals surface area (Å²) >= 11 is 1.21. The molecule has 1 aromatic heterocycles. The van der Waals surface area contributed by atoms with Crippen molar-refractivity contribution in [3.05, 3.63) is 114 Å². The number of esters is 1. The van der Waals surface area contributed by atoms with Crippen molar-refractivity contribution in [2.24, 2.45) is 4.99 Å². The molecular weight excluding hydrogens is 592 g/mol. The number of hydrogen-bond acceptors (Lipinski definition) is 9. The highest BCUT2D eigenvalue weighted by Gasteiger charge is 2.34. The number of phenolic OH excluding ortho intramolecular Hbond substituents is 1. The lowest BCUT2D eigenvalue weighted by molar-refractivity contribution is -0.140. The van der Waals surface area contributed by atoms with E-state index in [9.17, 15) is 14.7 Å². The van der Waals surface area contributed by atoms with Crippen molar-refractivity contribution in [1.29, 1.82) is 0 Å². The third-order valence-corrected chi connectivity index (χ3v) is 8.45. The zero-order chi connectivity index (χ0) is 31.9. The van der Waals surface area contributed by atoms with Gasteiger partial charge in [0.15, 0.2) is 27.8 Å². The summed E-state index contributed by atoms with van der Waals surface area (Å²) in [6.07, 6.45) is 4.77. The molecule has 0 saturated heterocycles. The fourth-order valence-corrected chi connectivity index (χ4v) is 6.19. The van der Waals surface area contributed by atoms with Crippen LogP contribution in [0.25, 0.3) is 6.08 Å². The van der Waals surface area contributed by atoms with Crippen molar-refractivity contribution >= 4 is 23.4 Å². The molecule has 45 heavy (non-hydrogen) atoms. The van der Waals surface area contributed by atoms with Gasteiger partial charge >= 0.3 is 5.97 Å². The number of carbonyl (C=O) groups excluding carboxylic acids is 1. The number of carbonyl (C=O) groups is 1. The third-order valence-electron chi connectivity index (χ3n) is 7.46. The van der Waals surface area contributed by atoms with E-state index in [0.717, 1.165) is 24.8 Å². The maximum Gasteiger partial charge on any atom is 0.338 e. The first-order valence-corrected chi connectivity index (χ1v) is 15.6. The van der Waals surface area contributed by atoms with Crippen LogP contribution in [-0.2, 0) is 16.1 Å². The van der Waals surface area contributed by atoms with E-state index in [1.165, 1.54) is 29.1 Å². The van der Waals surface area contributed by atoms with Gasteiger partial charge in [0.2, 0.25) is 0 Å². The van der Waals surface area contributed by atoms with Crippen LogP contribution in [0.3, 0.4) is 0 Å². The summed E-state index contributed by atoms with van der Waals surface area (Å²) in [7, 11) is 3.02. The summed E-state index contributed by atoms with van der Waals surface area (Å²) < 4.78 is 24.6. The normalized spacial score (nSPS) is 14.5. The Hall–Kier alpha value is -4.83. The molecule has 0 saturated carbocycles. The van der Waals surface area contributed by atoms with Crippen LogP contribution in [0.2, 0.25) is 0 Å². The largest absolute Gasteiger partial charge is 0.504 e. The molecule has 0 amide bonds. The van der Waals surface area contributed by atoms with Gasteiger partial charge in [0, 0.05) is 0 Å². The number of thiazole rings is 1. The van der Waals surface area contributed by atoms with Crippen LogP contribution < -0.4 is 29.1 Å². The number of benzene rings is 3. The van der Waals surface area contributed by atoms with Gasteiger partial charge in [0.1, 0.15) is 6.61 Å². The van der Waals surface area contributed by atoms with Gasteiger partial charge in [-0.1, -0.05) is 73.6 Å². The highest BCUT2D eigenvalue weighted by Crippen LogP contribution is 2.36. The molecular formula is C35H36N2O7S. The highest BCUT2D eigenvalue weighted by atomic mass is 32.1. The van der Waals surface area contributed by atoms with Crippen molar-refractivity contribution < 1.29 is 28.8 Å². The summed E-state index contributed by atoms with van der Waals surface area (Å²) in [6.45, 7) is 4.51. The lowest BCUT2D eigenvalue weighted by Gasteiger charge is -2.25. The van der Waals surface area contributed by atoms with Gasteiger partial charge in [-0.05, 0) is 60.4 Å². The molecule has 1 unspecified atom stereocenters. The summed E-state index contributed by atoms with van der Waals surface area (Å²) in [6, 6.07) is 18.9. The molecule has 0 bridgehead atoms. The number of fused-ring (bicyclic) bond motifs is 1. The van der Waals surface area contributed by atoms with E-state index in [2.05, 4.69) is 11.9 Å². The molecule has 10 heteroatoms. The molecule has 0 fully saturated rings. The summed E-state index contributed by atoms with van der Waals surface area (Å²) in [5.41, 5.74) is 2.54. The van der Waals surface area contributed by atoms with E-state index < -0.39 is 12.0 Å². The van der Waals surface area contributed by atoms with E-state index in [4.69, 9.17) is 18.9 Å². The zero-order valence-electron chi connectivity index (χ0n) is 25.7. The van der Waals surface area contributed by atoms with Crippen LogP contribution in [0.5, 0.6) is 23.0 Å². The molecule has 234 valence electrons. The number of aromatic nitrogens is 1. The number of hydrogen-bond donors (Lipinski definition) is 1. The Morgan fingerprint density at radius 2 is 1.78 bits per heavy atom. The van der Waals surface area contributed by atoms with Gasteiger partial charge in [-0.15, -0.1) is 0 Å². The second kappa shape index (κ2) is 14.3. The minimum Gasteiger partial charge on any atom is -0.504 e. The predicted octanol–water partition coefficient (Wildman–Crippen LogP) is 5.27. The Morgan fingerprint density at radius 1 is 1.00 bits per heavy atom. The topological polar surface area (TPSA) is 109 Å². The summed E-state index contributed by atoms with van der Waals surface area (Å²) in [4.78, 5) is 33.0. The Labute approximate surface area is 265 Å². The molecule has 9 nitrogen and oxygen atoms in total. The van der Waals surface area contributed by atoms with Gasteiger partial charge in [0.05, 0.1) is 42.7 Å². The number of phenols is 1. The third kappa shape index (κ3) is 6.96. The van der Waals surface area contributed by atoms with Crippen molar-refractivity contribution in [2.45, 2.75) is 45.8 Å². The monoisotopic (exact) mass is 628 g/mol. The lowest BCUT2D eigenvalue weighted by Crippen LogP contribution is -2.39. The molecule has 1 aliphatic heterocycles. The summed E-state index contributed by atoms with van der Waals surface area (Å²) in [5.74, 6) is 0.797. The number of rotatable bonds is 12. The molecule has 1 N–H and O–H groups in total. The molecule has 0 radical (unpaired) electrons. The molecule has 4 aromatic rings. The smallest absolute Gasteiger partial charge is 0.338 e. The van der Waals surface area contributed by atoms with Crippen molar-refractivity contribution in [3.63, 3.8) is 0 Å². The average molecular weight is 629 g/mol. The average Bonchev–Trinajstić information content (AvgIpc) is 3.36. The standard InChI is InChI=1S/C35H36N2O7S/c1-5-6-10-17-43-27-16-14-25(20-29(27)42-4)32-31(34(40)44-21-23-11-8-7-9-12-23)22(2)36-35-37(32)33(39)30(45-35)19-24-13-15-26(38)28(18-24)41-3/h7-9,11-16,18-20,32,38H,5-6,10,17,21H2,1-4H3. The quantitative estimate of drug-likeness (QED) is 0.168. The molecule has 0 spiro atoms. The van der Waals surface area contributed by atoms with Gasteiger partial charge in [-0.2, -0.15) is 0 Å². The SMILES string of the molecule is CCCCCOc1ccc(C2C(C(=O)OCc3ccccc3)=C(C)N=c3sc(=Cc4ccc(O)c(OC)c4)c(=O)n32)cc1OC. The minimum atomic E-state index is -0.830. The molecule has 1 atom stereocenters. The van der Waals surface area contributed by atoms with E-state index in [-0.39, 0.29) is 29.2 Å². The van der Waals surface area contributed by atoms with Crippen molar-refractivity contribution in [2.75, 3.05) is 20.8 Å². The maximum atomic E-state index is 14.1. The van der Waals surface area contributed by atoms with Crippen molar-refractivity contribution in [3.8, 4) is 23.0 Å². The van der Waals surface area contributed by atoms with Crippen LogP contribution in [-0.4, -0.2) is 36.5 Å². The fourth-order valence-electron chi connectivity index (χ4n) is 5.14. The Bertz CT molecular complexity index is 1890. The second-order valence-corrected chi connectivity index (χ2v) is 11.5. The fraction of sp³-hybridized carbons (Fsp3) is 0.286. The number of aromatic hydroxyl groups is 1. The summed E-state index contributed by atoms with van der Waals surface area (Å²) in [5, 5.41) is 10.0. The van der Waals surface area contributed by atoms with Gasteiger partial charge < -0.3 is 24.1 Å². The first-order chi connectivity index (χ1) is 21.8. The Balaban J connectivity index is 1.60. The molecule has 2 heterocycles. The highest BCUT2D eigenvalue weighted by molar-refractivity contribution is 7.07. The Kier molecular flexibility index (Phi) is 10.0. The first-order valence-electron chi connectivity index (χ1n) is 14.8. The Morgan fingerprint density at radius 3 is 2.51 bits per heavy atom. The molecule has 5 rings (SSSR count). The van der Waals surface area contributed by atoms with Crippen LogP contribution in [0.15, 0.2) is 87.8 Å². The van der Waals surface area contributed by atoms with Gasteiger partial charge in [0.25, 0.3) is 5.56 Å². The molecule has 1 aliphatic rings. The van der Waals surface area contributed by atoms with Crippen LogP contribution in [0.4, 0.5) is 0 Å². The van der Waals surface area contributed by atoms with Gasteiger partial charge in [-0.25, -0.2) is 9.79 Å². The van der Waals surface area contributed by atoms with E-state index in [1.54, 1.807) is 44.4 Å².